The van der Waals surface area contributed by atoms with Gasteiger partial charge in [-0.25, -0.2) is 0 Å². The van der Waals surface area contributed by atoms with E-state index in [0.29, 0.717) is 0 Å². The molecule has 24 heavy (non-hydrogen) atoms. The number of hydrogen-bond acceptors (Lipinski definition) is 3. The summed E-state index contributed by atoms with van der Waals surface area (Å²) in [4.78, 5) is 0. The van der Waals surface area contributed by atoms with Gasteiger partial charge in [-0.3, -0.25) is 0 Å². The summed E-state index contributed by atoms with van der Waals surface area (Å²) in [5.74, 6) is 1.66. The molecule has 3 nitrogen and oxygen atoms in total. The molecule has 1 fully saturated rings. The van der Waals surface area contributed by atoms with Crippen molar-refractivity contribution in [3.8, 4) is 11.5 Å². The normalized spacial score (nSPS) is 14.9. The molecule has 1 saturated carbocycles. The maximum atomic E-state index is 10.1. The molecule has 6 heteroatoms. The van der Waals surface area contributed by atoms with E-state index in [1.165, 1.54) is 3.57 Å². The molecule has 1 N–H and O–H groups in total. The van der Waals surface area contributed by atoms with Gasteiger partial charge in [0.1, 0.15) is 11.5 Å². The monoisotopic (exact) mass is 568 g/mol. The lowest BCUT2D eigenvalue weighted by atomic mass is 9.75. The first-order valence-corrected chi connectivity index (χ1v) is 10.1. The van der Waals surface area contributed by atoms with E-state index in [2.05, 4.69) is 54.5 Å². The molecule has 1 aliphatic carbocycles. The highest BCUT2D eigenvalue weighted by Crippen LogP contribution is 2.42. The summed E-state index contributed by atoms with van der Waals surface area (Å²) in [5, 5.41) is 10.1. The van der Waals surface area contributed by atoms with Gasteiger partial charge in [0.05, 0.1) is 28.8 Å². The third kappa shape index (κ3) is 4.86. The molecule has 3 rings (SSSR count). The first-order chi connectivity index (χ1) is 11.4. The minimum absolute atomic E-state index is 0.603. The molecule has 0 unspecified atom stereocenters. The Morgan fingerprint density at radius 1 is 0.958 bits per heavy atom. The maximum Gasteiger partial charge on any atom is 0.134 e. The van der Waals surface area contributed by atoms with Gasteiger partial charge in [0, 0.05) is 3.57 Å². The van der Waals surface area contributed by atoms with Crippen molar-refractivity contribution in [1.29, 1.82) is 0 Å². The van der Waals surface area contributed by atoms with Crippen LogP contribution in [0.3, 0.4) is 0 Å². The summed E-state index contributed by atoms with van der Waals surface area (Å²) in [7, 11) is 3.30. The van der Waals surface area contributed by atoms with Crippen LogP contribution in [0.5, 0.6) is 11.5 Å². The van der Waals surface area contributed by atoms with Crippen LogP contribution in [0, 0.1) is 3.57 Å². The van der Waals surface area contributed by atoms with Gasteiger partial charge in [-0.1, -0.05) is 6.07 Å². The van der Waals surface area contributed by atoms with Gasteiger partial charge >= 0.3 is 0 Å². The fourth-order valence-corrected chi connectivity index (χ4v) is 3.66. The van der Waals surface area contributed by atoms with Gasteiger partial charge < -0.3 is 14.6 Å². The molecule has 2 aromatic rings. The molecular weight excluding hydrogens is 551 g/mol. The van der Waals surface area contributed by atoms with E-state index < -0.39 is 5.60 Å². The van der Waals surface area contributed by atoms with E-state index in [9.17, 15) is 5.11 Å². The first-order valence-electron chi connectivity index (χ1n) is 7.45. The lowest BCUT2D eigenvalue weighted by Gasteiger charge is -2.37. The maximum absolute atomic E-state index is 10.1. The predicted octanol–water partition coefficient (Wildman–Crippen LogP) is 5.89. The van der Waals surface area contributed by atoms with Crippen molar-refractivity contribution in [3.63, 3.8) is 0 Å². The zero-order chi connectivity index (χ0) is 17.7. The molecule has 0 heterocycles. The molecule has 0 radical (unpaired) electrons. The summed E-state index contributed by atoms with van der Waals surface area (Å²) < 4.78 is 13.4. The molecular formula is C18H19Br2IO3. The fraction of sp³-hybridized carbons (Fsp3) is 0.333. The van der Waals surface area contributed by atoms with Gasteiger partial charge in [-0.05, 0) is 110 Å². The Kier molecular flexibility index (Phi) is 7.39. The van der Waals surface area contributed by atoms with Crippen molar-refractivity contribution >= 4 is 54.5 Å². The number of halogens is 3. The summed E-state index contributed by atoms with van der Waals surface area (Å²) in [5.41, 5.74) is 0.359. The van der Waals surface area contributed by atoms with Crippen LogP contribution in [-0.4, -0.2) is 19.3 Å². The number of ether oxygens (including phenoxy) is 2. The Labute approximate surface area is 173 Å². The van der Waals surface area contributed by atoms with Crippen molar-refractivity contribution in [2.45, 2.75) is 24.9 Å². The second kappa shape index (κ2) is 8.87. The van der Waals surface area contributed by atoms with E-state index in [0.717, 1.165) is 45.3 Å². The average Bonchev–Trinajstić information content (AvgIpc) is 2.56. The lowest BCUT2D eigenvalue weighted by Crippen LogP contribution is -2.33. The van der Waals surface area contributed by atoms with Crippen LogP contribution in [-0.2, 0) is 5.60 Å². The summed E-state index contributed by atoms with van der Waals surface area (Å²) in [6, 6.07) is 11.7. The number of benzene rings is 2. The Morgan fingerprint density at radius 3 is 1.96 bits per heavy atom. The second-order valence-corrected chi connectivity index (χ2v) is 8.47. The molecule has 0 bridgehead atoms. The summed E-state index contributed by atoms with van der Waals surface area (Å²) in [6.45, 7) is 0. The quantitative estimate of drug-likeness (QED) is 0.469. The third-order valence-corrected chi connectivity index (χ3v) is 5.96. The van der Waals surface area contributed by atoms with Crippen LogP contribution in [0.2, 0.25) is 0 Å². The molecule has 0 amide bonds. The van der Waals surface area contributed by atoms with Gasteiger partial charge in [-0.2, -0.15) is 0 Å². The average molecular weight is 570 g/mol. The predicted molar refractivity (Wildman–Crippen MR) is 112 cm³/mol. The third-order valence-electron chi connectivity index (χ3n) is 3.98. The van der Waals surface area contributed by atoms with Crippen molar-refractivity contribution in [3.05, 3.63) is 54.5 Å². The standard InChI is InChI=1S/C11H13BrO2.C7H6BrIO/c1-14-10-7-8(3-4-9(10)12)11(13)5-2-6-11;1-10-7-4-5(9)2-3-6(7)8/h3-4,7,13H,2,5-6H2,1H3;2-4H,1H3. The minimum atomic E-state index is -0.603. The Balaban J connectivity index is 0.000000185. The zero-order valence-electron chi connectivity index (χ0n) is 13.5. The first kappa shape index (κ1) is 20.0. The van der Waals surface area contributed by atoms with Gasteiger partial charge in [0.2, 0.25) is 0 Å². The Hall–Kier alpha value is -0.310. The van der Waals surface area contributed by atoms with Crippen molar-refractivity contribution in [2.75, 3.05) is 14.2 Å². The Morgan fingerprint density at radius 2 is 1.50 bits per heavy atom. The smallest absolute Gasteiger partial charge is 0.134 e. The summed E-state index contributed by atoms with van der Waals surface area (Å²) >= 11 is 9.00. The number of aliphatic hydroxyl groups is 1. The van der Waals surface area contributed by atoms with E-state index in [1.807, 2.05) is 36.4 Å². The van der Waals surface area contributed by atoms with Gasteiger partial charge in [0.15, 0.2) is 0 Å². The number of methoxy groups -OCH3 is 2. The SMILES string of the molecule is COc1cc(C2(O)CCC2)ccc1Br.COc1cc(I)ccc1Br. The van der Waals surface area contributed by atoms with Crippen molar-refractivity contribution in [1.82, 2.24) is 0 Å². The number of hydrogen-bond donors (Lipinski definition) is 1. The number of rotatable bonds is 3. The largest absolute Gasteiger partial charge is 0.496 e. The highest BCUT2D eigenvalue weighted by Gasteiger charge is 2.36. The summed E-state index contributed by atoms with van der Waals surface area (Å²) in [6.07, 6.45) is 2.82. The van der Waals surface area contributed by atoms with Gasteiger partial charge in [0.25, 0.3) is 0 Å². The molecule has 0 atom stereocenters. The van der Waals surface area contributed by atoms with E-state index in [1.54, 1.807) is 14.2 Å². The molecule has 0 aliphatic heterocycles. The van der Waals surface area contributed by atoms with E-state index >= 15 is 0 Å². The van der Waals surface area contributed by atoms with E-state index in [4.69, 9.17) is 9.47 Å². The van der Waals surface area contributed by atoms with Crippen LogP contribution in [0.25, 0.3) is 0 Å². The van der Waals surface area contributed by atoms with Crippen molar-refractivity contribution < 1.29 is 14.6 Å². The van der Waals surface area contributed by atoms with Crippen LogP contribution in [0.1, 0.15) is 24.8 Å². The molecule has 0 saturated heterocycles. The van der Waals surface area contributed by atoms with Crippen LogP contribution in [0.15, 0.2) is 45.3 Å². The molecule has 1 aliphatic rings. The topological polar surface area (TPSA) is 38.7 Å². The lowest BCUT2D eigenvalue weighted by molar-refractivity contribution is -0.0389. The molecule has 2 aromatic carbocycles. The molecule has 130 valence electrons. The molecule has 0 aromatic heterocycles. The van der Waals surface area contributed by atoms with E-state index in [-0.39, 0.29) is 0 Å². The van der Waals surface area contributed by atoms with Crippen molar-refractivity contribution in [2.24, 2.45) is 0 Å². The zero-order valence-corrected chi connectivity index (χ0v) is 18.8. The second-order valence-electron chi connectivity index (χ2n) is 5.51. The molecule has 0 spiro atoms. The Bertz CT molecular complexity index is 703. The highest BCUT2D eigenvalue weighted by atomic mass is 127. The van der Waals surface area contributed by atoms with Crippen LogP contribution >= 0.6 is 54.5 Å². The van der Waals surface area contributed by atoms with Crippen LogP contribution < -0.4 is 9.47 Å². The van der Waals surface area contributed by atoms with Gasteiger partial charge in [-0.15, -0.1) is 0 Å². The minimum Gasteiger partial charge on any atom is -0.496 e. The fourth-order valence-electron chi connectivity index (χ4n) is 2.38. The van der Waals surface area contributed by atoms with Crippen LogP contribution in [0.4, 0.5) is 0 Å². The highest BCUT2D eigenvalue weighted by molar-refractivity contribution is 14.1.